The summed E-state index contributed by atoms with van der Waals surface area (Å²) in [6.45, 7) is 3.38. The number of imide groups is 1. The number of ether oxygens (including phenoxy) is 1. The number of methoxy groups -OCH3 is 1. The van der Waals surface area contributed by atoms with E-state index in [0.29, 0.717) is 30.0 Å². The van der Waals surface area contributed by atoms with Gasteiger partial charge in [0.1, 0.15) is 11.8 Å². The molecule has 2 aliphatic heterocycles. The van der Waals surface area contributed by atoms with Crippen LogP contribution in [0, 0.1) is 0 Å². The molecule has 0 aliphatic carbocycles. The monoisotopic (exact) mass is 514 g/mol. The Hall–Kier alpha value is -4.02. The lowest BCUT2D eigenvalue weighted by molar-refractivity contribution is -0.139. The zero-order chi connectivity index (χ0) is 26.7. The molecule has 0 saturated carbocycles. The summed E-state index contributed by atoms with van der Waals surface area (Å²) in [4.78, 5) is 45.7. The molecule has 8 nitrogen and oxygen atoms in total. The van der Waals surface area contributed by atoms with Crippen LogP contribution in [0.2, 0.25) is 0 Å². The van der Waals surface area contributed by atoms with Crippen LogP contribution in [0.4, 0.5) is 18.0 Å². The van der Waals surface area contributed by atoms with Crippen LogP contribution in [0.3, 0.4) is 0 Å². The molecule has 11 heteroatoms. The number of benzene rings is 2. The molecular weight excluding hydrogens is 489 g/mol. The van der Waals surface area contributed by atoms with E-state index in [4.69, 9.17) is 4.74 Å². The van der Waals surface area contributed by atoms with E-state index in [1.165, 1.54) is 24.0 Å². The van der Waals surface area contributed by atoms with Gasteiger partial charge in [-0.05, 0) is 61.7 Å². The number of hydrogen-bond acceptors (Lipinski definition) is 4. The maximum absolute atomic E-state index is 13.7. The largest absolute Gasteiger partial charge is 0.497 e. The minimum Gasteiger partial charge on any atom is -0.497 e. The topological polar surface area (TPSA) is 94.7 Å². The number of H-pyrrole nitrogens is 1. The van der Waals surface area contributed by atoms with E-state index in [2.05, 4.69) is 10.3 Å². The first-order valence-electron chi connectivity index (χ1n) is 11.7. The number of aromatic nitrogens is 1. The number of aromatic amines is 1. The summed E-state index contributed by atoms with van der Waals surface area (Å²) in [7, 11) is 1.57. The molecule has 2 N–H and O–H groups in total. The summed E-state index contributed by atoms with van der Waals surface area (Å²) in [6, 6.07) is 8.28. The minimum atomic E-state index is -4.45. The molecule has 1 fully saturated rings. The third-order valence-electron chi connectivity index (χ3n) is 7.31. The Kier molecular flexibility index (Phi) is 5.69. The molecule has 3 heterocycles. The van der Waals surface area contributed by atoms with Crippen molar-refractivity contribution in [3.05, 3.63) is 64.8 Å². The minimum absolute atomic E-state index is 0.0491. The van der Waals surface area contributed by atoms with Crippen LogP contribution in [-0.4, -0.2) is 52.3 Å². The Bertz CT molecular complexity index is 1420. The lowest BCUT2D eigenvalue weighted by Crippen LogP contribution is -2.49. The molecule has 2 atom stereocenters. The van der Waals surface area contributed by atoms with Gasteiger partial charge in [-0.3, -0.25) is 9.59 Å². The van der Waals surface area contributed by atoms with Gasteiger partial charge in [-0.1, -0.05) is 12.1 Å². The second kappa shape index (κ2) is 8.53. The highest BCUT2D eigenvalue weighted by molar-refractivity contribution is 6.11. The van der Waals surface area contributed by atoms with Gasteiger partial charge in [-0.2, -0.15) is 13.2 Å². The van der Waals surface area contributed by atoms with E-state index in [9.17, 15) is 27.6 Å². The van der Waals surface area contributed by atoms with Crippen LogP contribution < -0.4 is 10.1 Å². The molecule has 194 valence electrons. The third kappa shape index (κ3) is 3.80. The molecule has 0 radical (unpaired) electrons. The smallest absolute Gasteiger partial charge is 0.416 e. The predicted octanol–water partition coefficient (Wildman–Crippen LogP) is 3.94. The van der Waals surface area contributed by atoms with Crippen molar-refractivity contribution in [2.24, 2.45) is 0 Å². The van der Waals surface area contributed by atoms with Crippen molar-refractivity contribution in [3.8, 4) is 5.75 Å². The fourth-order valence-electron chi connectivity index (χ4n) is 5.18. The van der Waals surface area contributed by atoms with Crippen LogP contribution in [-0.2, 0) is 34.3 Å². The Morgan fingerprint density at radius 2 is 1.89 bits per heavy atom. The van der Waals surface area contributed by atoms with Crippen LogP contribution in [0.25, 0.3) is 10.9 Å². The van der Waals surface area contributed by atoms with Crippen molar-refractivity contribution in [3.63, 3.8) is 0 Å². The number of carbonyl (C=O) groups excluding carboxylic acids is 3. The highest BCUT2D eigenvalue weighted by Gasteiger charge is 2.60. The average molecular weight is 515 g/mol. The summed E-state index contributed by atoms with van der Waals surface area (Å²) < 4.78 is 43.7. The number of carbonyl (C=O) groups is 3. The summed E-state index contributed by atoms with van der Waals surface area (Å²) in [6.07, 6.45) is -3.93. The van der Waals surface area contributed by atoms with Crippen molar-refractivity contribution in [2.45, 2.75) is 44.6 Å². The van der Waals surface area contributed by atoms with E-state index < -0.39 is 41.2 Å². The summed E-state index contributed by atoms with van der Waals surface area (Å²) in [5.41, 5.74) is 0.711. The zero-order valence-electron chi connectivity index (χ0n) is 20.4. The van der Waals surface area contributed by atoms with E-state index in [1.807, 2.05) is 12.1 Å². The number of nitrogens with zero attached hydrogens (tertiary/aromatic N) is 2. The predicted molar refractivity (Wildman–Crippen MR) is 128 cm³/mol. The molecule has 1 aromatic heterocycles. The van der Waals surface area contributed by atoms with E-state index in [-0.39, 0.29) is 6.54 Å². The van der Waals surface area contributed by atoms with E-state index >= 15 is 0 Å². The second-order valence-electron chi connectivity index (χ2n) is 9.41. The molecule has 2 aliphatic rings. The molecule has 0 spiro atoms. The number of nitrogens with one attached hydrogen (secondary N) is 2. The molecule has 0 bridgehead atoms. The van der Waals surface area contributed by atoms with Gasteiger partial charge < -0.3 is 19.9 Å². The number of fused-ring (bicyclic) bond motifs is 5. The Balaban J connectivity index is 1.37. The van der Waals surface area contributed by atoms with Crippen molar-refractivity contribution in [2.75, 3.05) is 13.7 Å². The third-order valence-corrected chi connectivity index (χ3v) is 7.31. The number of alkyl halides is 3. The summed E-state index contributed by atoms with van der Waals surface area (Å²) in [5, 5.41) is 3.53. The second-order valence-corrected chi connectivity index (χ2v) is 9.41. The first kappa shape index (κ1) is 24.7. The molecule has 2 aromatic carbocycles. The van der Waals surface area contributed by atoms with Crippen molar-refractivity contribution in [1.82, 2.24) is 20.1 Å². The van der Waals surface area contributed by atoms with Crippen LogP contribution in [0.1, 0.15) is 36.2 Å². The van der Waals surface area contributed by atoms with Gasteiger partial charge >= 0.3 is 12.2 Å². The van der Waals surface area contributed by atoms with Gasteiger partial charge in [-0.25, -0.2) is 9.69 Å². The van der Waals surface area contributed by atoms with Gasteiger partial charge in [0.15, 0.2) is 5.54 Å². The lowest BCUT2D eigenvalue weighted by atomic mass is 9.87. The Labute approximate surface area is 210 Å². The fraction of sp³-hybridized carbons (Fsp3) is 0.346. The Morgan fingerprint density at radius 1 is 1.19 bits per heavy atom. The first-order chi connectivity index (χ1) is 17.5. The van der Waals surface area contributed by atoms with Gasteiger partial charge in [-0.15, -0.1) is 0 Å². The van der Waals surface area contributed by atoms with Crippen molar-refractivity contribution < 1.29 is 32.3 Å². The van der Waals surface area contributed by atoms with E-state index in [1.54, 1.807) is 20.1 Å². The van der Waals surface area contributed by atoms with Crippen molar-refractivity contribution >= 4 is 28.7 Å². The quantitative estimate of drug-likeness (QED) is 0.505. The molecule has 0 unspecified atom stereocenters. The standard InChI is InChI=1S/C26H25F3N4O4/c1-14(22(34)30-13-15-4-6-16(7-5-15)26(27,28)29)33-23(35)25(2)21-18(10-11-32(25)24(33)36)19-12-17(37-3)8-9-20(19)31-21/h4-9,12,14,31H,10-11,13H2,1-3H3,(H,30,34)/t14-,25-/m0/s1. The summed E-state index contributed by atoms with van der Waals surface area (Å²) >= 11 is 0. The maximum atomic E-state index is 13.7. The normalized spacial score (nSPS) is 20.2. The highest BCUT2D eigenvalue weighted by atomic mass is 19.4. The van der Waals surface area contributed by atoms with Crippen LogP contribution >= 0.6 is 0 Å². The van der Waals surface area contributed by atoms with Crippen molar-refractivity contribution in [1.29, 1.82) is 0 Å². The SMILES string of the molecule is COc1ccc2[nH]c3c(c2c1)CCN1C(=O)N([C@@H](C)C(=O)NCc2ccc(C(F)(F)F)cc2)C(=O)[C@]31C. The van der Waals surface area contributed by atoms with Gasteiger partial charge in [0.05, 0.1) is 18.4 Å². The maximum Gasteiger partial charge on any atom is 0.416 e. The lowest BCUT2D eigenvalue weighted by Gasteiger charge is -2.36. The number of hydrogen-bond donors (Lipinski definition) is 2. The van der Waals surface area contributed by atoms with Gasteiger partial charge in [0, 0.05) is 24.0 Å². The van der Waals surface area contributed by atoms with Crippen LogP contribution in [0.15, 0.2) is 42.5 Å². The van der Waals surface area contributed by atoms with Gasteiger partial charge in [0.2, 0.25) is 5.91 Å². The van der Waals surface area contributed by atoms with Crippen LogP contribution in [0.5, 0.6) is 5.75 Å². The van der Waals surface area contributed by atoms with E-state index in [0.717, 1.165) is 33.5 Å². The molecular formula is C26H25F3N4O4. The average Bonchev–Trinajstić information content (AvgIpc) is 3.34. The molecule has 4 amide bonds. The zero-order valence-corrected chi connectivity index (χ0v) is 20.4. The molecule has 3 aromatic rings. The molecule has 5 rings (SSSR count). The number of halogens is 3. The number of rotatable bonds is 5. The fourth-order valence-corrected chi connectivity index (χ4v) is 5.18. The highest BCUT2D eigenvalue weighted by Crippen LogP contribution is 2.45. The molecule has 37 heavy (non-hydrogen) atoms. The number of amides is 4. The Morgan fingerprint density at radius 3 is 2.54 bits per heavy atom. The number of urea groups is 1. The molecule has 1 saturated heterocycles. The van der Waals surface area contributed by atoms with Gasteiger partial charge in [0.25, 0.3) is 5.91 Å². The first-order valence-corrected chi connectivity index (χ1v) is 11.7. The summed E-state index contributed by atoms with van der Waals surface area (Å²) in [5.74, 6) is -0.434.